The first-order chi connectivity index (χ1) is 17.4. The van der Waals surface area contributed by atoms with Gasteiger partial charge in [-0.2, -0.15) is 0 Å². The molecule has 0 saturated carbocycles. The van der Waals surface area contributed by atoms with Crippen molar-refractivity contribution >= 4 is 17.9 Å². The van der Waals surface area contributed by atoms with E-state index in [0.29, 0.717) is 0 Å². The average molecular weight is 497 g/mol. The van der Waals surface area contributed by atoms with E-state index in [2.05, 4.69) is 15.0 Å². The van der Waals surface area contributed by atoms with Gasteiger partial charge in [0.25, 0.3) is 0 Å². The lowest BCUT2D eigenvalue weighted by Gasteiger charge is -2.30. The second-order valence-corrected chi connectivity index (χ2v) is 7.37. The van der Waals surface area contributed by atoms with Crippen molar-refractivity contribution in [2.24, 2.45) is 0 Å². The van der Waals surface area contributed by atoms with Crippen LogP contribution < -0.4 is 0 Å². The molecular weight excluding hydrogens is 474 g/mol. The molecule has 0 amide bonds. The van der Waals surface area contributed by atoms with Crippen LogP contribution in [0.15, 0.2) is 73.6 Å². The summed E-state index contributed by atoms with van der Waals surface area (Å²) in [6.07, 6.45) is 0.928. The molecule has 3 heterocycles. The van der Waals surface area contributed by atoms with Crippen LogP contribution in [0.2, 0.25) is 0 Å². The Bertz CT molecular complexity index is 1130. The number of pyridine rings is 3. The molecule has 12 heteroatoms. The number of esters is 3. The molecule has 4 atom stereocenters. The van der Waals surface area contributed by atoms with Gasteiger partial charge in [-0.05, 0) is 36.4 Å². The Morgan fingerprint density at radius 2 is 1.11 bits per heavy atom. The molecule has 0 radical (unpaired) electrons. The van der Waals surface area contributed by atoms with Crippen LogP contribution in [0.25, 0.3) is 0 Å². The van der Waals surface area contributed by atoms with E-state index < -0.39 is 55.5 Å². The van der Waals surface area contributed by atoms with Gasteiger partial charge in [-0.15, -0.1) is 0 Å². The number of ether oxygens (including phenoxy) is 3. The summed E-state index contributed by atoms with van der Waals surface area (Å²) in [5.41, 5.74) is 0.176. The Labute approximate surface area is 205 Å². The molecule has 3 N–H and O–H groups in total. The number of aliphatic hydroxyl groups is 3. The van der Waals surface area contributed by atoms with Gasteiger partial charge >= 0.3 is 17.9 Å². The van der Waals surface area contributed by atoms with Gasteiger partial charge in [0.2, 0.25) is 0 Å². The zero-order chi connectivity index (χ0) is 25.9. The van der Waals surface area contributed by atoms with Gasteiger partial charge in [0.1, 0.15) is 18.8 Å². The third-order valence-electron chi connectivity index (χ3n) is 4.88. The smallest absolute Gasteiger partial charge is 0.340 e. The first kappa shape index (κ1) is 26.3. The van der Waals surface area contributed by atoms with Crippen LogP contribution in [0.1, 0.15) is 31.1 Å². The van der Waals surface area contributed by atoms with E-state index in [1.54, 1.807) is 0 Å². The summed E-state index contributed by atoms with van der Waals surface area (Å²) in [5, 5.41) is 31.1. The van der Waals surface area contributed by atoms with Gasteiger partial charge < -0.3 is 29.5 Å². The monoisotopic (exact) mass is 497 g/mol. The third kappa shape index (κ3) is 7.12. The summed E-state index contributed by atoms with van der Waals surface area (Å²) in [4.78, 5) is 48.6. The lowest BCUT2D eigenvalue weighted by atomic mass is 10.0. The predicted octanol–water partition coefficient (Wildman–Crippen LogP) is 0.194. The van der Waals surface area contributed by atoms with Crippen LogP contribution in [0.5, 0.6) is 0 Å². The molecule has 0 bridgehead atoms. The normalized spacial score (nSPS) is 14.1. The van der Waals surface area contributed by atoms with Crippen molar-refractivity contribution in [2.75, 3.05) is 13.2 Å². The molecule has 3 aromatic rings. The van der Waals surface area contributed by atoms with E-state index in [1.165, 1.54) is 73.6 Å². The fourth-order valence-corrected chi connectivity index (χ4v) is 2.96. The van der Waals surface area contributed by atoms with Crippen LogP contribution in [0, 0.1) is 0 Å². The van der Waals surface area contributed by atoms with Gasteiger partial charge in [0.15, 0.2) is 12.2 Å². The van der Waals surface area contributed by atoms with Crippen LogP contribution in [0.3, 0.4) is 0 Å². The highest BCUT2D eigenvalue weighted by Crippen LogP contribution is 2.16. The quantitative estimate of drug-likeness (QED) is 0.242. The molecular formula is C24H23N3O9. The number of nitrogens with zero attached hydrogens (tertiary/aromatic N) is 3. The maximum Gasteiger partial charge on any atom is 0.340 e. The summed E-state index contributed by atoms with van der Waals surface area (Å²) in [6.45, 7) is -1.55. The predicted molar refractivity (Wildman–Crippen MR) is 120 cm³/mol. The Hall–Kier alpha value is -4.26. The van der Waals surface area contributed by atoms with Crippen LogP contribution in [-0.2, 0) is 14.2 Å². The number of rotatable bonds is 11. The van der Waals surface area contributed by atoms with Crippen molar-refractivity contribution < 1.29 is 43.9 Å². The van der Waals surface area contributed by atoms with Gasteiger partial charge in [0.05, 0.1) is 23.3 Å². The van der Waals surface area contributed by atoms with Crippen LogP contribution in [-0.4, -0.2) is 85.8 Å². The molecule has 3 rings (SSSR count). The Balaban J connectivity index is 1.74. The maximum atomic E-state index is 12.6. The summed E-state index contributed by atoms with van der Waals surface area (Å²) in [7, 11) is 0. The fraction of sp³-hybridized carbons (Fsp3) is 0.250. The van der Waals surface area contributed by atoms with Crippen molar-refractivity contribution in [1.82, 2.24) is 15.0 Å². The van der Waals surface area contributed by atoms with Crippen molar-refractivity contribution in [2.45, 2.75) is 24.4 Å². The SMILES string of the molecule is O=C(OC[C@@H](OC(=O)c1cccnc1)[C@@H](O)[C@H](O)[C@@H](CO)OC(=O)c1cccnc1)c1cccnc1. The minimum absolute atomic E-state index is 0.0319. The lowest BCUT2D eigenvalue weighted by molar-refractivity contribution is -0.130. The highest BCUT2D eigenvalue weighted by atomic mass is 16.6. The summed E-state index contributed by atoms with van der Waals surface area (Å²) < 4.78 is 15.5. The van der Waals surface area contributed by atoms with E-state index in [-0.39, 0.29) is 16.7 Å². The zero-order valence-corrected chi connectivity index (χ0v) is 18.8. The summed E-state index contributed by atoms with van der Waals surface area (Å²) >= 11 is 0. The zero-order valence-electron chi connectivity index (χ0n) is 18.8. The Morgan fingerprint density at radius 3 is 1.53 bits per heavy atom. The standard InChI is InChI=1S/C24H23N3O9/c28-13-18(35-23(32)16-5-2-8-26-11-16)20(29)21(30)19(36-24(33)17-6-3-9-27-12-17)14-34-22(31)15-4-1-7-25-10-15/h1-12,18-21,28-30H,13-14H2/t18-,19-,20-,21-/m1/s1. The van der Waals surface area contributed by atoms with Crippen molar-refractivity contribution in [3.63, 3.8) is 0 Å². The van der Waals surface area contributed by atoms with Gasteiger partial charge in [-0.25, -0.2) is 14.4 Å². The highest BCUT2D eigenvalue weighted by Gasteiger charge is 2.37. The van der Waals surface area contributed by atoms with Gasteiger partial charge in [0, 0.05) is 37.2 Å². The van der Waals surface area contributed by atoms with Gasteiger partial charge in [-0.1, -0.05) is 0 Å². The number of hydrogen-bond donors (Lipinski definition) is 3. The second-order valence-electron chi connectivity index (χ2n) is 7.37. The highest BCUT2D eigenvalue weighted by molar-refractivity contribution is 5.90. The first-order valence-electron chi connectivity index (χ1n) is 10.7. The number of aromatic nitrogens is 3. The lowest BCUT2D eigenvalue weighted by Crippen LogP contribution is -2.50. The third-order valence-corrected chi connectivity index (χ3v) is 4.88. The Morgan fingerprint density at radius 1 is 0.694 bits per heavy atom. The summed E-state index contributed by atoms with van der Waals surface area (Å²) in [6, 6.07) is 8.74. The van der Waals surface area contributed by atoms with Crippen LogP contribution >= 0.6 is 0 Å². The van der Waals surface area contributed by atoms with Crippen molar-refractivity contribution in [1.29, 1.82) is 0 Å². The molecule has 36 heavy (non-hydrogen) atoms. The first-order valence-corrected chi connectivity index (χ1v) is 10.7. The molecule has 0 fully saturated rings. The molecule has 12 nitrogen and oxygen atoms in total. The molecule has 3 aromatic heterocycles. The number of aliphatic hydroxyl groups excluding tert-OH is 3. The minimum atomic E-state index is -1.94. The molecule has 0 saturated heterocycles. The number of carbonyl (C=O) groups excluding carboxylic acids is 3. The van der Waals surface area contributed by atoms with Gasteiger partial charge in [-0.3, -0.25) is 15.0 Å². The van der Waals surface area contributed by atoms with E-state index in [4.69, 9.17) is 14.2 Å². The fourth-order valence-electron chi connectivity index (χ4n) is 2.96. The van der Waals surface area contributed by atoms with E-state index in [9.17, 15) is 29.7 Å². The van der Waals surface area contributed by atoms with E-state index in [0.717, 1.165) is 0 Å². The molecule has 0 aromatic carbocycles. The van der Waals surface area contributed by atoms with Crippen LogP contribution in [0.4, 0.5) is 0 Å². The molecule has 0 aliphatic carbocycles. The van der Waals surface area contributed by atoms with Crippen molar-refractivity contribution in [3.05, 3.63) is 90.3 Å². The molecule has 0 aliphatic rings. The van der Waals surface area contributed by atoms with E-state index >= 15 is 0 Å². The molecule has 188 valence electrons. The summed E-state index contributed by atoms with van der Waals surface area (Å²) in [5.74, 6) is -2.67. The average Bonchev–Trinajstić information content (AvgIpc) is 2.94. The molecule has 0 unspecified atom stereocenters. The molecule has 0 spiro atoms. The minimum Gasteiger partial charge on any atom is -0.458 e. The number of carbonyl (C=O) groups is 3. The maximum absolute atomic E-state index is 12.6. The largest absolute Gasteiger partial charge is 0.458 e. The second kappa shape index (κ2) is 13.0. The topological polar surface area (TPSA) is 178 Å². The van der Waals surface area contributed by atoms with Crippen molar-refractivity contribution in [3.8, 4) is 0 Å². The van der Waals surface area contributed by atoms with E-state index in [1.807, 2.05) is 0 Å². The molecule has 0 aliphatic heterocycles. The number of hydrogen-bond acceptors (Lipinski definition) is 12. The Kier molecular flexibility index (Phi) is 9.51.